The first-order valence-corrected chi connectivity index (χ1v) is 11.3. The summed E-state index contributed by atoms with van der Waals surface area (Å²) in [5.41, 5.74) is -0.391. The fourth-order valence-corrected chi connectivity index (χ4v) is 4.38. The van der Waals surface area contributed by atoms with Gasteiger partial charge in [-0.2, -0.15) is 0 Å². The fourth-order valence-electron chi connectivity index (χ4n) is 3.63. The van der Waals surface area contributed by atoms with E-state index < -0.39 is 11.3 Å². The zero-order chi connectivity index (χ0) is 21.7. The molecule has 8 heteroatoms. The Balaban J connectivity index is 1.78. The molecule has 2 amide bonds. The van der Waals surface area contributed by atoms with Crippen LogP contribution in [-0.2, 0) is 13.1 Å². The van der Waals surface area contributed by atoms with Crippen molar-refractivity contribution in [3.63, 3.8) is 0 Å². The summed E-state index contributed by atoms with van der Waals surface area (Å²) >= 11 is 1.73. The minimum absolute atomic E-state index is 0.0275. The summed E-state index contributed by atoms with van der Waals surface area (Å²) in [4.78, 5) is 43.9. The molecule has 1 aliphatic rings. The molecule has 0 unspecified atom stereocenters. The van der Waals surface area contributed by atoms with Gasteiger partial charge in [0.2, 0.25) is 5.43 Å². The highest BCUT2D eigenvalue weighted by Gasteiger charge is 2.26. The number of rotatable bonds is 7. The molecule has 0 atom stereocenters. The number of carbonyl (C=O) groups excluding carboxylic acids is 2. The highest BCUT2D eigenvalue weighted by molar-refractivity contribution is 7.09. The van der Waals surface area contributed by atoms with Gasteiger partial charge in [-0.05, 0) is 24.3 Å². The third-order valence-electron chi connectivity index (χ3n) is 5.09. The van der Waals surface area contributed by atoms with E-state index in [-0.39, 0.29) is 17.0 Å². The largest absolute Gasteiger partial charge is 0.352 e. The van der Waals surface area contributed by atoms with Crippen LogP contribution in [0.1, 0.15) is 46.4 Å². The van der Waals surface area contributed by atoms with Crippen LogP contribution in [0, 0.1) is 5.92 Å². The van der Waals surface area contributed by atoms with E-state index in [1.807, 2.05) is 6.07 Å². The molecule has 0 bridgehead atoms. The van der Waals surface area contributed by atoms with Crippen molar-refractivity contribution in [1.82, 2.24) is 19.7 Å². The summed E-state index contributed by atoms with van der Waals surface area (Å²) in [6.45, 7) is 10.5. The van der Waals surface area contributed by atoms with Gasteiger partial charge in [-0.3, -0.25) is 19.3 Å². The molecule has 1 saturated heterocycles. The number of carbonyl (C=O) groups is 2. The minimum atomic E-state index is -0.494. The second-order valence-corrected chi connectivity index (χ2v) is 9.04. The average molecular weight is 431 g/mol. The molecule has 0 spiro atoms. The summed E-state index contributed by atoms with van der Waals surface area (Å²) in [7, 11) is 0. The highest BCUT2D eigenvalue weighted by atomic mass is 32.1. The highest BCUT2D eigenvalue weighted by Crippen LogP contribution is 2.15. The van der Waals surface area contributed by atoms with Gasteiger partial charge in [-0.15, -0.1) is 11.3 Å². The molecule has 3 rings (SSSR count). The van der Waals surface area contributed by atoms with Gasteiger partial charge >= 0.3 is 0 Å². The molecule has 7 nitrogen and oxygen atoms in total. The second-order valence-electron chi connectivity index (χ2n) is 8.01. The summed E-state index contributed by atoms with van der Waals surface area (Å²) in [5, 5.41) is 4.74. The van der Waals surface area contributed by atoms with Gasteiger partial charge in [0.05, 0.1) is 0 Å². The van der Waals surface area contributed by atoms with E-state index in [4.69, 9.17) is 0 Å². The zero-order valence-electron chi connectivity index (χ0n) is 17.9. The molecule has 1 fully saturated rings. The van der Waals surface area contributed by atoms with Crippen molar-refractivity contribution < 1.29 is 9.59 Å². The molecule has 0 aromatic carbocycles. The number of hydrogen-bond donors (Lipinski definition) is 1. The van der Waals surface area contributed by atoms with Crippen LogP contribution in [0.3, 0.4) is 0 Å². The maximum Gasteiger partial charge on any atom is 0.259 e. The van der Waals surface area contributed by atoms with Gasteiger partial charge in [-0.25, -0.2) is 0 Å². The maximum atomic E-state index is 13.2. The fraction of sp³-hybridized carbons (Fsp3) is 0.500. The zero-order valence-corrected chi connectivity index (χ0v) is 18.7. The maximum absolute atomic E-state index is 13.2. The van der Waals surface area contributed by atoms with E-state index in [1.165, 1.54) is 4.88 Å². The van der Waals surface area contributed by atoms with E-state index in [0.717, 1.165) is 19.6 Å². The molecular formula is C22H30N4O3S. The quantitative estimate of drug-likeness (QED) is 0.731. The van der Waals surface area contributed by atoms with Crippen LogP contribution in [0.4, 0.5) is 0 Å². The predicted molar refractivity (Wildman–Crippen MR) is 119 cm³/mol. The number of nitrogens with zero attached hydrogens (tertiary/aromatic N) is 3. The predicted octanol–water partition coefficient (Wildman–Crippen LogP) is 2.27. The minimum Gasteiger partial charge on any atom is -0.352 e. The van der Waals surface area contributed by atoms with Gasteiger partial charge in [0.1, 0.15) is 11.1 Å². The summed E-state index contributed by atoms with van der Waals surface area (Å²) < 4.78 is 1.79. The lowest BCUT2D eigenvalue weighted by atomic mass is 10.1. The molecule has 2 aromatic rings. The van der Waals surface area contributed by atoms with E-state index >= 15 is 0 Å². The number of amides is 2. The van der Waals surface area contributed by atoms with Crippen LogP contribution >= 0.6 is 11.3 Å². The third kappa shape index (κ3) is 5.37. The van der Waals surface area contributed by atoms with Gasteiger partial charge in [0.25, 0.3) is 11.8 Å². The first kappa shape index (κ1) is 22.2. The number of hydrogen-bond acceptors (Lipinski definition) is 5. The lowest BCUT2D eigenvalue weighted by molar-refractivity contribution is 0.0627. The van der Waals surface area contributed by atoms with Crippen molar-refractivity contribution in [2.24, 2.45) is 5.92 Å². The Morgan fingerprint density at radius 1 is 1.13 bits per heavy atom. The number of aromatic nitrogens is 1. The summed E-state index contributed by atoms with van der Waals surface area (Å²) in [6.07, 6.45) is 3.16. The molecule has 1 aliphatic heterocycles. The van der Waals surface area contributed by atoms with Gasteiger partial charge < -0.3 is 14.8 Å². The normalized spacial score (nSPS) is 14.9. The van der Waals surface area contributed by atoms with Gasteiger partial charge in [0.15, 0.2) is 0 Å². The molecule has 162 valence electrons. The van der Waals surface area contributed by atoms with E-state index in [1.54, 1.807) is 40.1 Å². The Kier molecular flexibility index (Phi) is 7.44. The van der Waals surface area contributed by atoms with Crippen LogP contribution in [0.2, 0.25) is 0 Å². The molecule has 2 aromatic heterocycles. The first-order valence-electron chi connectivity index (χ1n) is 10.4. The van der Waals surface area contributed by atoms with Crippen molar-refractivity contribution in [1.29, 1.82) is 0 Å². The lowest BCUT2D eigenvalue weighted by Crippen LogP contribution is -2.49. The van der Waals surface area contributed by atoms with Crippen molar-refractivity contribution in [3.05, 3.63) is 56.1 Å². The van der Waals surface area contributed by atoms with Crippen molar-refractivity contribution in [2.75, 3.05) is 32.7 Å². The summed E-state index contributed by atoms with van der Waals surface area (Å²) in [6, 6.07) is 4.16. The lowest BCUT2D eigenvalue weighted by Gasteiger charge is -2.34. The topological polar surface area (TPSA) is 74.7 Å². The van der Waals surface area contributed by atoms with Crippen molar-refractivity contribution in [2.45, 2.75) is 33.9 Å². The first-order chi connectivity index (χ1) is 14.4. The van der Waals surface area contributed by atoms with Crippen LogP contribution in [0.5, 0.6) is 0 Å². The van der Waals surface area contributed by atoms with Crippen LogP contribution in [0.25, 0.3) is 0 Å². The van der Waals surface area contributed by atoms with Crippen LogP contribution in [0.15, 0.2) is 34.7 Å². The molecule has 3 heterocycles. The Morgan fingerprint density at radius 2 is 1.83 bits per heavy atom. The SMILES string of the molecule is CCNC(=O)c1cn(CC(C)C)cc(C(=O)N2CCN(Cc3cccs3)CC2)c1=O. The Labute approximate surface area is 181 Å². The van der Waals surface area contributed by atoms with E-state index in [2.05, 4.69) is 35.5 Å². The third-order valence-corrected chi connectivity index (χ3v) is 5.95. The Hall–Kier alpha value is -2.45. The number of thiophene rings is 1. The summed E-state index contributed by atoms with van der Waals surface area (Å²) in [5.74, 6) is -0.409. The smallest absolute Gasteiger partial charge is 0.259 e. The Morgan fingerprint density at radius 3 is 2.43 bits per heavy atom. The number of nitrogens with one attached hydrogen (secondary N) is 1. The van der Waals surface area contributed by atoms with Crippen molar-refractivity contribution in [3.8, 4) is 0 Å². The number of piperazine rings is 1. The molecule has 30 heavy (non-hydrogen) atoms. The standard InChI is InChI=1S/C22H30N4O3S/c1-4-23-21(28)18-14-25(12-16(2)3)15-19(20(18)27)22(29)26-9-7-24(8-10-26)13-17-6-5-11-30-17/h5-6,11,14-16H,4,7-10,12-13H2,1-3H3,(H,23,28). The molecular weight excluding hydrogens is 400 g/mol. The molecule has 0 saturated carbocycles. The average Bonchev–Trinajstić information content (AvgIpc) is 3.22. The molecule has 1 N–H and O–H groups in total. The van der Waals surface area contributed by atoms with E-state index in [9.17, 15) is 14.4 Å². The van der Waals surface area contributed by atoms with Crippen LogP contribution < -0.4 is 10.7 Å². The van der Waals surface area contributed by atoms with Crippen LogP contribution in [-0.4, -0.2) is 58.9 Å². The van der Waals surface area contributed by atoms with E-state index in [0.29, 0.717) is 32.1 Å². The molecule has 0 aliphatic carbocycles. The monoisotopic (exact) mass is 430 g/mol. The molecule has 0 radical (unpaired) electrons. The van der Waals surface area contributed by atoms with Gasteiger partial charge in [0, 0.05) is 63.1 Å². The number of pyridine rings is 1. The van der Waals surface area contributed by atoms with Crippen molar-refractivity contribution >= 4 is 23.2 Å². The van der Waals surface area contributed by atoms with Gasteiger partial charge in [-0.1, -0.05) is 19.9 Å². The second kappa shape index (κ2) is 10.0. The Bertz CT molecular complexity index is 928.